The Morgan fingerprint density at radius 3 is 2.20 bits per heavy atom. The van der Waals surface area contributed by atoms with Gasteiger partial charge in [0.15, 0.2) is 0 Å². The third kappa shape index (κ3) is 6.31. The Labute approximate surface area is 178 Å². The summed E-state index contributed by atoms with van der Waals surface area (Å²) in [5, 5.41) is 0. The molecule has 3 rings (SSSR count). The normalized spacial score (nSPS) is 10.9. The Kier molecular flexibility index (Phi) is 7.83. The number of rotatable bonds is 10. The van der Waals surface area contributed by atoms with E-state index in [0.717, 1.165) is 23.5 Å². The zero-order valence-corrected chi connectivity index (χ0v) is 17.9. The van der Waals surface area contributed by atoms with Gasteiger partial charge in [0, 0.05) is 12.1 Å². The molecule has 2 aromatic carbocycles. The Balaban J connectivity index is 1.72. The van der Waals surface area contributed by atoms with Crippen LogP contribution in [-0.4, -0.2) is 10.8 Å². The van der Waals surface area contributed by atoms with E-state index in [2.05, 4.69) is 6.92 Å². The quantitative estimate of drug-likeness (QED) is 0.351. The van der Waals surface area contributed by atoms with Crippen molar-refractivity contribution in [2.45, 2.75) is 59.0 Å². The maximum absolute atomic E-state index is 13.3. The molecule has 0 spiro atoms. The van der Waals surface area contributed by atoms with E-state index in [1.807, 2.05) is 43.3 Å². The van der Waals surface area contributed by atoms with Gasteiger partial charge < -0.3 is 9.32 Å². The van der Waals surface area contributed by atoms with Crippen LogP contribution >= 0.6 is 0 Å². The van der Waals surface area contributed by atoms with E-state index in [1.54, 1.807) is 17.0 Å². The summed E-state index contributed by atoms with van der Waals surface area (Å²) in [5.41, 5.74) is 2.78. The molecule has 0 aliphatic rings. The second-order valence-electron chi connectivity index (χ2n) is 7.81. The predicted molar refractivity (Wildman–Crippen MR) is 118 cm³/mol. The summed E-state index contributed by atoms with van der Waals surface area (Å²) in [6.45, 7) is 4.84. The molecule has 0 saturated carbocycles. The van der Waals surface area contributed by atoms with Gasteiger partial charge in [-0.2, -0.15) is 0 Å². The van der Waals surface area contributed by atoms with Crippen molar-refractivity contribution in [1.82, 2.24) is 4.90 Å². The number of hydrogen-bond donors (Lipinski definition) is 0. The summed E-state index contributed by atoms with van der Waals surface area (Å²) in [5.74, 6) is 1.20. The summed E-state index contributed by atoms with van der Waals surface area (Å²) in [6, 6.07) is 17.9. The van der Waals surface area contributed by atoms with Crippen LogP contribution in [0.3, 0.4) is 0 Å². The van der Waals surface area contributed by atoms with Gasteiger partial charge in [0.05, 0.1) is 6.54 Å². The minimum absolute atomic E-state index is 0.0640. The van der Waals surface area contributed by atoms with Gasteiger partial charge in [0.2, 0.25) is 0 Å². The number of benzene rings is 2. The third-order valence-electron chi connectivity index (χ3n) is 5.24. The first-order valence-corrected chi connectivity index (χ1v) is 10.7. The highest BCUT2D eigenvalue weighted by molar-refractivity contribution is 5.94. The Hall–Kier alpha value is -2.88. The molecule has 0 bridgehead atoms. The highest BCUT2D eigenvalue weighted by Gasteiger charge is 2.18. The zero-order chi connectivity index (χ0) is 21.3. The standard InChI is InChI=1S/C26H30FNO2/c1-3-4-5-6-7-21-9-13-23(14-10-21)26(29)28(19-25-17-8-20(2)30-25)18-22-11-15-24(27)16-12-22/h8-17H,3-7,18-19H2,1-2H3. The van der Waals surface area contributed by atoms with Crippen molar-refractivity contribution in [3.8, 4) is 0 Å². The average molecular weight is 408 g/mol. The lowest BCUT2D eigenvalue weighted by Crippen LogP contribution is -2.30. The van der Waals surface area contributed by atoms with Crippen LogP contribution in [0.1, 0.15) is 65.6 Å². The molecular formula is C26H30FNO2. The van der Waals surface area contributed by atoms with E-state index in [-0.39, 0.29) is 11.7 Å². The van der Waals surface area contributed by atoms with Gasteiger partial charge in [-0.3, -0.25) is 4.79 Å². The van der Waals surface area contributed by atoms with Gasteiger partial charge in [-0.15, -0.1) is 0 Å². The number of hydrogen-bond acceptors (Lipinski definition) is 2. The van der Waals surface area contributed by atoms with Crippen molar-refractivity contribution in [3.63, 3.8) is 0 Å². The van der Waals surface area contributed by atoms with E-state index in [1.165, 1.54) is 43.4 Å². The monoisotopic (exact) mass is 407 g/mol. The minimum atomic E-state index is -0.284. The first-order valence-electron chi connectivity index (χ1n) is 10.7. The van der Waals surface area contributed by atoms with Crippen LogP contribution in [0.25, 0.3) is 0 Å². The zero-order valence-electron chi connectivity index (χ0n) is 17.9. The molecule has 4 heteroatoms. The number of aryl methyl sites for hydroxylation is 2. The van der Waals surface area contributed by atoms with E-state index in [0.29, 0.717) is 18.7 Å². The molecule has 0 fully saturated rings. The highest BCUT2D eigenvalue weighted by atomic mass is 19.1. The molecule has 0 aliphatic heterocycles. The number of furan rings is 1. The molecule has 1 aromatic heterocycles. The van der Waals surface area contributed by atoms with Crippen LogP contribution in [0.2, 0.25) is 0 Å². The molecule has 1 amide bonds. The smallest absolute Gasteiger partial charge is 0.254 e. The summed E-state index contributed by atoms with van der Waals surface area (Å²) >= 11 is 0. The van der Waals surface area contributed by atoms with Gasteiger partial charge in [-0.1, -0.05) is 50.5 Å². The topological polar surface area (TPSA) is 33.5 Å². The molecule has 158 valence electrons. The fourth-order valence-electron chi connectivity index (χ4n) is 3.52. The van der Waals surface area contributed by atoms with Gasteiger partial charge in [-0.25, -0.2) is 4.39 Å². The van der Waals surface area contributed by atoms with Crippen molar-refractivity contribution in [3.05, 3.63) is 94.7 Å². The summed E-state index contributed by atoms with van der Waals surface area (Å²) < 4.78 is 19.0. The number of amides is 1. The van der Waals surface area contributed by atoms with Crippen LogP contribution in [0.15, 0.2) is 65.1 Å². The van der Waals surface area contributed by atoms with E-state index < -0.39 is 0 Å². The molecular weight excluding hydrogens is 377 g/mol. The highest BCUT2D eigenvalue weighted by Crippen LogP contribution is 2.18. The summed E-state index contributed by atoms with van der Waals surface area (Å²) in [7, 11) is 0. The summed E-state index contributed by atoms with van der Waals surface area (Å²) in [6.07, 6.45) is 5.95. The van der Waals surface area contributed by atoms with E-state index >= 15 is 0 Å². The average Bonchev–Trinajstić information content (AvgIpc) is 3.17. The molecule has 30 heavy (non-hydrogen) atoms. The van der Waals surface area contributed by atoms with Crippen molar-refractivity contribution in [2.75, 3.05) is 0 Å². The Morgan fingerprint density at radius 2 is 1.57 bits per heavy atom. The summed E-state index contributed by atoms with van der Waals surface area (Å²) in [4.78, 5) is 15.0. The van der Waals surface area contributed by atoms with E-state index in [4.69, 9.17) is 4.42 Å². The van der Waals surface area contributed by atoms with Crippen LogP contribution in [0, 0.1) is 12.7 Å². The molecule has 1 heterocycles. The fourth-order valence-corrected chi connectivity index (χ4v) is 3.52. The molecule has 3 aromatic rings. The number of halogens is 1. The number of unbranched alkanes of at least 4 members (excludes halogenated alkanes) is 3. The molecule has 0 radical (unpaired) electrons. The van der Waals surface area contributed by atoms with Crippen LogP contribution in [0.5, 0.6) is 0 Å². The Bertz CT molecular complexity index is 928. The molecule has 0 unspecified atom stereocenters. The largest absolute Gasteiger partial charge is 0.464 e. The molecule has 0 N–H and O–H groups in total. The van der Waals surface area contributed by atoms with Gasteiger partial charge in [0.25, 0.3) is 5.91 Å². The van der Waals surface area contributed by atoms with Crippen LogP contribution < -0.4 is 0 Å². The van der Waals surface area contributed by atoms with Crippen molar-refractivity contribution in [1.29, 1.82) is 0 Å². The predicted octanol–water partition coefficient (Wildman–Crippen LogP) is 6.69. The third-order valence-corrected chi connectivity index (χ3v) is 5.24. The molecule has 0 aliphatic carbocycles. The molecule has 3 nitrogen and oxygen atoms in total. The van der Waals surface area contributed by atoms with Crippen molar-refractivity contribution in [2.24, 2.45) is 0 Å². The van der Waals surface area contributed by atoms with Gasteiger partial charge in [-0.05, 0) is 67.3 Å². The maximum atomic E-state index is 13.3. The lowest BCUT2D eigenvalue weighted by atomic mass is 10.0. The van der Waals surface area contributed by atoms with Crippen LogP contribution in [-0.2, 0) is 19.5 Å². The first kappa shape index (κ1) is 21.8. The number of carbonyl (C=O) groups is 1. The van der Waals surface area contributed by atoms with Crippen molar-refractivity contribution < 1.29 is 13.6 Å². The maximum Gasteiger partial charge on any atom is 0.254 e. The van der Waals surface area contributed by atoms with Crippen molar-refractivity contribution >= 4 is 5.91 Å². The van der Waals surface area contributed by atoms with E-state index in [9.17, 15) is 9.18 Å². The molecule has 0 atom stereocenters. The lowest BCUT2D eigenvalue weighted by molar-refractivity contribution is 0.0717. The van der Waals surface area contributed by atoms with Gasteiger partial charge in [0.1, 0.15) is 17.3 Å². The second kappa shape index (κ2) is 10.8. The number of nitrogens with zero attached hydrogens (tertiary/aromatic N) is 1. The number of carbonyl (C=O) groups excluding carboxylic acids is 1. The minimum Gasteiger partial charge on any atom is -0.464 e. The first-order chi connectivity index (χ1) is 14.5. The van der Waals surface area contributed by atoms with Gasteiger partial charge >= 0.3 is 0 Å². The molecule has 0 saturated heterocycles. The second-order valence-corrected chi connectivity index (χ2v) is 7.81. The fraction of sp³-hybridized carbons (Fsp3) is 0.346. The van der Waals surface area contributed by atoms with Crippen LogP contribution in [0.4, 0.5) is 4.39 Å². The SMILES string of the molecule is CCCCCCc1ccc(C(=O)N(Cc2ccc(F)cc2)Cc2ccc(C)o2)cc1. The Morgan fingerprint density at radius 1 is 0.867 bits per heavy atom. The lowest BCUT2D eigenvalue weighted by Gasteiger charge is -2.22.